The van der Waals surface area contributed by atoms with Crippen molar-refractivity contribution in [2.75, 3.05) is 33.4 Å². The summed E-state index contributed by atoms with van der Waals surface area (Å²) < 4.78 is 11.8. The van der Waals surface area contributed by atoms with Crippen LogP contribution in [0.25, 0.3) is 0 Å². The predicted molar refractivity (Wildman–Crippen MR) is 87.3 cm³/mol. The minimum atomic E-state index is -0.00409. The smallest absolute Gasteiger partial charge is 0.0623 e. The van der Waals surface area contributed by atoms with Crippen LogP contribution in [0.2, 0.25) is 0 Å². The van der Waals surface area contributed by atoms with E-state index in [1.165, 1.54) is 13.0 Å². The van der Waals surface area contributed by atoms with Crippen molar-refractivity contribution in [2.24, 2.45) is 5.92 Å². The van der Waals surface area contributed by atoms with E-state index >= 15 is 0 Å². The summed E-state index contributed by atoms with van der Waals surface area (Å²) in [5, 5.41) is 0. The van der Waals surface area contributed by atoms with Crippen molar-refractivity contribution in [1.82, 2.24) is 4.90 Å². The van der Waals surface area contributed by atoms with Crippen LogP contribution in [0.1, 0.15) is 60.8 Å². The van der Waals surface area contributed by atoms with E-state index in [1.807, 2.05) is 0 Å². The molecule has 0 heterocycles. The highest BCUT2D eigenvalue weighted by Crippen LogP contribution is 2.14. The summed E-state index contributed by atoms with van der Waals surface area (Å²) in [6.07, 6.45) is 3.51. The van der Waals surface area contributed by atoms with Crippen molar-refractivity contribution in [2.45, 2.75) is 72.5 Å². The monoisotopic (exact) mass is 287 g/mol. The zero-order chi connectivity index (χ0) is 15.6. The Hall–Kier alpha value is -0.120. The number of nitrogens with zero attached hydrogens (tertiary/aromatic N) is 1. The third kappa shape index (κ3) is 10.6. The fourth-order valence-corrected chi connectivity index (χ4v) is 2.07. The normalized spacial score (nSPS) is 15.6. The number of ether oxygens (including phenoxy) is 2. The van der Waals surface area contributed by atoms with Crippen molar-refractivity contribution in [3.8, 4) is 0 Å². The van der Waals surface area contributed by atoms with Crippen LogP contribution in [-0.4, -0.2) is 50.0 Å². The average Bonchev–Trinajstić information content (AvgIpc) is 2.36. The summed E-state index contributed by atoms with van der Waals surface area (Å²) in [5.74, 6) is 0.585. The van der Waals surface area contributed by atoms with Crippen LogP contribution in [0.3, 0.4) is 0 Å². The minimum absolute atomic E-state index is 0.00409. The Labute approximate surface area is 127 Å². The van der Waals surface area contributed by atoms with Gasteiger partial charge in [0.15, 0.2) is 0 Å². The third-order valence-corrected chi connectivity index (χ3v) is 3.76. The van der Waals surface area contributed by atoms with Gasteiger partial charge in [0.25, 0.3) is 0 Å². The number of rotatable bonds is 12. The van der Waals surface area contributed by atoms with Gasteiger partial charge in [0.2, 0.25) is 0 Å². The number of hydrogen-bond acceptors (Lipinski definition) is 3. The molecule has 0 spiro atoms. The van der Waals surface area contributed by atoms with Crippen molar-refractivity contribution >= 4 is 0 Å². The van der Waals surface area contributed by atoms with Gasteiger partial charge in [0, 0.05) is 13.2 Å². The topological polar surface area (TPSA) is 21.7 Å². The maximum Gasteiger partial charge on any atom is 0.0623 e. The minimum Gasteiger partial charge on any atom is -0.378 e. The molecule has 0 bridgehead atoms. The lowest BCUT2D eigenvalue weighted by Crippen LogP contribution is -2.29. The van der Waals surface area contributed by atoms with Gasteiger partial charge < -0.3 is 14.4 Å². The number of hydrogen-bond donors (Lipinski definition) is 0. The van der Waals surface area contributed by atoms with E-state index in [0.29, 0.717) is 5.92 Å². The van der Waals surface area contributed by atoms with Crippen LogP contribution in [-0.2, 0) is 9.47 Å². The lowest BCUT2D eigenvalue weighted by Gasteiger charge is -2.25. The molecule has 0 aliphatic carbocycles. The van der Waals surface area contributed by atoms with Crippen molar-refractivity contribution < 1.29 is 9.47 Å². The Morgan fingerprint density at radius 3 is 2.35 bits per heavy atom. The highest BCUT2D eigenvalue weighted by atomic mass is 16.5. The van der Waals surface area contributed by atoms with Crippen LogP contribution in [0, 0.1) is 5.92 Å². The van der Waals surface area contributed by atoms with Crippen LogP contribution >= 0.6 is 0 Å². The standard InChI is InChI=1S/C17H37NO2/c1-8-11-18(7)13-15(3)14-19-16(4)10-12-20-17(5,6)9-2/h15-16H,8-14H2,1-7H3. The molecule has 3 nitrogen and oxygen atoms in total. The molecular formula is C17H37NO2. The second-order valence-electron chi connectivity index (χ2n) is 6.76. The summed E-state index contributed by atoms with van der Waals surface area (Å²) in [4.78, 5) is 2.38. The molecule has 0 rings (SSSR count). The molecule has 0 N–H and O–H groups in total. The van der Waals surface area contributed by atoms with Gasteiger partial charge in [-0.1, -0.05) is 20.8 Å². The summed E-state index contributed by atoms with van der Waals surface area (Å²) in [6, 6.07) is 0. The fraction of sp³-hybridized carbons (Fsp3) is 1.00. The van der Waals surface area contributed by atoms with Gasteiger partial charge >= 0.3 is 0 Å². The molecule has 0 saturated carbocycles. The maximum atomic E-state index is 5.92. The van der Waals surface area contributed by atoms with E-state index in [-0.39, 0.29) is 11.7 Å². The second kappa shape index (κ2) is 10.6. The first kappa shape index (κ1) is 19.9. The van der Waals surface area contributed by atoms with Gasteiger partial charge in [-0.05, 0) is 59.5 Å². The highest BCUT2D eigenvalue weighted by molar-refractivity contribution is 4.66. The summed E-state index contributed by atoms with van der Waals surface area (Å²) in [7, 11) is 2.18. The highest BCUT2D eigenvalue weighted by Gasteiger charge is 2.16. The third-order valence-electron chi connectivity index (χ3n) is 3.76. The van der Waals surface area contributed by atoms with E-state index in [2.05, 4.69) is 53.5 Å². The van der Waals surface area contributed by atoms with Crippen molar-refractivity contribution in [1.29, 1.82) is 0 Å². The van der Waals surface area contributed by atoms with Gasteiger partial charge in [-0.2, -0.15) is 0 Å². The van der Waals surface area contributed by atoms with Gasteiger partial charge in [-0.3, -0.25) is 0 Å². The molecule has 0 radical (unpaired) electrons. The first-order valence-electron chi connectivity index (χ1n) is 8.24. The largest absolute Gasteiger partial charge is 0.378 e. The molecular weight excluding hydrogens is 250 g/mol. The molecule has 2 unspecified atom stereocenters. The van der Waals surface area contributed by atoms with Gasteiger partial charge in [0.1, 0.15) is 0 Å². The van der Waals surface area contributed by atoms with Crippen LogP contribution < -0.4 is 0 Å². The summed E-state index contributed by atoms with van der Waals surface area (Å²) >= 11 is 0. The van der Waals surface area contributed by atoms with Gasteiger partial charge in [-0.25, -0.2) is 0 Å². The lowest BCUT2D eigenvalue weighted by atomic mass is 10.1. The Morgan fingerprint density at radius 2 is 1.80 bits per heavy atom. The molecule has 0 aromatic heterocycles. The second-order valence-corrected chi connectivity index (χ2v) is 6.76. The Morgan fingerprint density at radius 1 is 1.15 bits per heavy atom. The zero-order valence-electron chi connectivity index (χ0n) is 14.9. The Kier molecular flexibility index (Phi) is 10.5. The van der Waals surface area contributed by atoms with E-state index in [0.717, 1.165) is 32.6 Å². The quantitative estimate of drug-likeness (QED) is 0.542. The first-order valence-corrected chi connectivity index (χ1v) is 8.24. The van der Waals surface area contributed by atoms with Crippen molar-refractivity contribution in [3.05, 3.63) is 0 Å². The van der Waals surface area contributed by atoms with E-state index in [9.17, 15) is 0 Å². The van der Waals surface area contributed by atoms with Gasteiger partial charge in [-0.15, -0.1) is 0 Å². The molecule has 122 valence electrons. The van der Waals surface area contributed by atoms with Crippen LogP contribution in [0.5, 0.6) is 0 Å². The molecule has 0 aliphatic rings. The molecule has 0 aromatic carbocycles. The molecule has 0 aliphatic heterocycles. The average molecular weight is 287 g/mol. The van der Waals surface area contributed by atoms with Gasteiger partial charge in [0.05, 0.1) is 18.3 Å². The molecule has 0 amide bonds. The summed E-state index contributed by atoms with van der Waals surface area (Å²) in [6.45, 7) is 17.0. The first-order chi connectivity index (χ1) is 9.30. The molecule has 0 aromatic rings. The predicted octanol–water partition coefficient (Wildman–Crippen LogP) is 3.96. The van der Waals surface area contributed by atoms with Crippen LogP contribution in [0.15, 0.2) is 0 Å². The molecule has 0 saturated heterocycles. The molecule has 0 fully saturated rings. The molecule has 2 atom stereocenters. The fourth-order valence-electron chi connectivity index (χ4n) is 2.07. The molecule has 3 heteroatoms. The lowest BCUT2D eigenvalue weighted by molar-refractivity contribution is -0.0449. The molecule has 20 heavy (non-hydrogen) atoms. The van der Waals surface area contributed by atoms with Crippen LogP contribution in [0.4, 0.5) is 0 Å². The van der Waals surface area contributed by atoms with Crippen molar-refractivity contribution in [3.63, 3.8) is 0 Å². The van der Waals surface area contributed by atoms with E-state index in [4.69, 9.17) is 9.47 Å². The van der Waals surface area contributed by atoms with E-state index in [1.54, 1.807) is 0 Å². The Balaban J connectivity index is 3.69. The Bertz CT molecular complexity index is 231. The summed E-state index contributed by atoms with van der Waals surface area (Å²) in [5.41, 5.74) is -0.00409. The zero-order valence-corrected chi connectivity index (χ0v) is 14.9. The van der Waals surface area contributed by atoms with E-state index < -0.39 is 0 Å². The SMILES string of the molecule is CCCN(C)CC(C)COC(C)CCOC(C)(C)CC. The maximum absolute atomic E-state index is 5.92.